The maximum Gasteiger partial charge on any atom is 0.224 e. The summed E-state index contributed by atoms with van der Waals surface area (Å²) in [6, 6.07) is 4.52. The minimum absolute atomic E-state index is 0.0261. The maximum atomic E-state index is 13.4. The summed E-state index contributed by atoms with van der Waals surface area (Å²) in [5.74, 6) is 0.0721. The zero-order valence-corrected chi connectivity index (χ0v) is 11.9. The third-order valence-corrected chi connectivity index (χ3v) is 3.70. The molecule has 110 valence electrons. The molecule has 0 unspecified atom stereocenters. The highest BCUT2D eigenvalue weighted by molar-refractivity contribution is 5.80. The van der Waals surface area contributed by atoms with Gasteiger partial charge in [-0.05, 0) is 44.9 Å². The van der Waals surface area contributed by atoms with Gasteiger partial charge in [-0.1, -0.05) is 0 Å². The van der Waals surface area contributed by atoms with Gasteiger partial charge >= 0.3 is 0 Å². The molecular weight excluding hydrogens is 259 g/mol. The fourth-order valence-electron chi connectivity index (χ4n) is 2.23. The van der Waals surface area contributed by atoms with E-state index in [9.17, 15) is 9.18 Å². The molecule has 2 rings (SSSR count). The van der Waals surface area contributed by atoms with E-state index in [1.54, 1.807) is 19.9 Å². The first-order chi connectivity index (χ1) is 9.40. The predicted molar refractivity (Wildman–Crippen MR) is 74.8 cm³/mol. The molecule has 0 saturated carbocycles. The lowest BCUT2D eigenvalue weighted by Crippen LogP contribution is -2.41. The van der Waals surface area contributed by atoms with Gasteiger partial charge in [-0.2, -0.15) is 0 Å². The summed E-state index contributed by atoms with van der Waals surface area (Å²) in [5.41, 5.74) is 5.54. The van der Waals surface area contributed by atoms with E-state index in [2.05, 4.69) is 5.32 Å². The van der Waals surface area contributed by atoms with E-state index in [0.717, 1.165) is 18.4 Å². The largest absolute Gasteiger partial charge is 0.493 e. The molecular formula is C15H21FN2O2. The molecule has 1 atom stereocenters. The van der Waals surface area contributed by atoms with Crippen LogP contribution in [0.25, 0.3) is 0 Å². The smallest absolute Gasteiger partial charge is 0.224 e. The molecule has 3 N–H and O–H groups in total. The number of ether oxygens (including phenoxy) is 1. The fourth-order valence-corrected chi connectivity index (χ4v) is 2.23. The monoisotopic (exact) mass is 280 g/mol. The van der Waals surface area contributed by atoms with E-state index in [4.69, 9.17) is 10.5 Å². The lowest BCUT2D eigenvalue weighted by molar-refractivity contribution is -0.125. The number of carbonyl (C=O) groups is 1. The van der Waals surface area contributed by atoms with Crippen molar-refractivity contribution in [2.24, 2.45) is 11.1 Å². The van der Waals surface area contributed by atoms with Gasteiger partial charge in [-0.25, -0.2) is 4.39 Å². The van der Waals surface area contributed by atoms with Gasteiger partial charge in [-0.3, -0.25) is 4.79 Å². The van der Waals surface area contributed by atoms with Crippen molar-refractivity contribution in [3.05, 3.63) is 29.6 Å². The quantitative estimate of drug-likeness (QED) is 0.888. The van der Waals surface area contributed by atoms with Crippen molar-refractivity contribution in [2.75, 3.05) is 13.2 Å². The summed E-state index contributed by atoms with van der Waals surface area (Å²) in [4.78, 5) is 11.4. The summed E-state index contributed by atoms with van der Waals surface area (Å²) in [6.45, 7) is 4.66. The van der Waals surface area contributed by atoms with Crippen molar-refractivity contribution in [3.8, 4) is 5.75 Å². The van der Waals surface area contributed by atoms with Crippen molar-refractivity contribution < 1.29 is 13.9 Å². The zero-order valence-electron chi connectivity index (χ0n) is 11.9. The van der Waals surface area contributed by atoms with Crippen LogP contribution in [-0.2, 0) is 4.79 Å². The maximum absolute atomic E-state index is 13.4. The Bertz CT molecular complexity index is 503. The fraction of sp³-hybridized carbons (Fsp3) is 0.533. The molecule has 1 amide bonds. The number of fused-ring (bicyclic) bond motifs is 1. The minimum Gasteiger partial charge on any atom is -0.493 e. The van der Waals surface area contributed by atoms with Gasteiger partial charge in [0, 0.05) is 18.2 Å². The van der Waals surface area contributed by atoms with Gasteiger partial charge in [0.15, 0.2) is 0 Å². The topological polar surface area (TPSA) is 64.3 Å². The molecule has 20 heavy (non-hydrogen) atoms. The van der Waals surface area contributed by atoms with Gasteiger partial charge < -0.3 is 15.8 Å². The van der Waals surface area contributed by atoms with Gasteiger partial charge in [-0.15, -0.1) is 0 Å². The molecule has 0 radical (unpaired) electrons. The first-order valence-electron chi connectivity index (χ1n) is 6.86. The average Bonchev–Trinajstić information content (AvgIpc) is 2.58. The number of rotatable bonds is 4. The van der Waals surface area contributed by atoms with E-state index in [1.807, 2.05) is 0 Å². The van der Waals surface area contributed by atoms with Crippen molar-refractivity contribution in [1.82, 2.24) is 5.32 Å². The van der Waals surface area contributed by atoms with Crippen LogP contribution >= 0.6 is 0 Å². The number of nitrogens with one attached hydrogen (secondary N) is 1. The molecule has 0 aromatic heterocycles. The van der Waals surface area contributed by atoms with Gasteiger partial charge in [0.05, 0.1) is 12.0 Å². The van der Waals surface area contributed by atoms with E-state index < -0.39 is 5.41 Å². The number of carbonyl (C=O) groups excluding carboxylic acids is 1. The number of hydrogen-bond donors (Lipinski definition) is 2. The third kappa shape index (κ3) is 3.28. The standard InChI is InChI=1S/C15H21FN2O2/c1-15(2,14(17)19)9-18-12-4-3-7-20-13-6-5-10(16)8-11(12)13/h5-6,8,12,18H,3-4,7,9H2,1-2H3,(H2,17,19)/t12-/m0/s1. The van der Waals surface area contributed by atoms with Crippen LogP contribution in [0.1, 0.15) is 38.3 Å². The molecule has 1 heterocycles. The Morgan fingerprint density at radius 3 is 3.00 bits per heavy atom. The lowest BCUT2D eigenvalue weighted by atomic mass is 9.91. The first-order valence-corrected chi connectivity index (χ1v) is 6.86. The molecule has 0 saturated heterocycles. The Hall–Kier alpha value is -1.62. The van der Waals surface area contributed by atoms with Crippen molar-refractivity contribution in [2.45, 2.75) is 32.7 Å². The van der Waals surface area contributed by atoms with E-state index >= 15 is 0 Å². The average molecular weight is 280 g/mol. The first kappa shape index (κ1) is 14.8. The summed E-state index contributed by atoms with van der Waals surface area (Å²) >= 11 is 0. The predicted octanol–water partition coefficient (Wildman–Crippen LogP) is 2.14. The number of benzene rings is 1. The van der Waals surface area contributed by atoms with Crippen molar-refractivity contribution in [3.63, 3.8) is 0 Å². The van der Waals surface area contributed by atoms with Crippen molar-refractivity contribution in [1.29, 1.82) is 0 Å². The van der Waals surface area contributed by atoms with E-state index in [-0.39, 0.29) is 17.8 Å². The Balaban J connectivity index is 2.16. The summed E-state index contributed by atoms with van der Waals surface area (Å²) in [7, 11) is 0. The van der Waals surface area contributed by atoms with Gasteiger partial charge in [0.25, 0.3) is 0 Å². The Morgan fingerprint density at radius 2 is 2.30 bits per heavy atom. The Morgan fingerprint density at radius 1 is 1.55 bits per heavy atom. The molecule has 1 aliphatic heterocycles. The lowest BCUT2D eigenvalue weighted by Gasteiger charge is -2.25. The summed E-state index contributed by atoms with van der Waals surface area (Å²) in [5, 5.41) is 3.32. The Kier molecular flexibility index (Phi) is 4.28. The van der Waals surface area contributed by atoms with E-state index in [1.165, 1.54) is 12.1 Å². The highest BCUT2D eigenvalue weighted by Gasteiger charge is 2.27. The SMILES string of the molecule is CC(C)(CN[C@H]1CCCOc2ccc(F)cc21)C(N)=O. The number of hydrogen-bond acceptors (Lipinski definition) is 3. The van der Waals surface area contributed by atoms with Crippen LogP contribution < -0.4 is 15.8 Å². The number of primary amides is 1. The minimum atomic E-state index is -0.638. The van der Waals surface area contributed by atoms with Crippen LogP contribution in [0.3, 0.4) is 0 Å². The summed E-state index contributed by atoms with van der Waals surface area (Å²) in [6.07, 6.45) is 1.72. The second-order valence-corrected chi connectivity index (χ2v) is 5.85. The molecule has 0 bridgehead atoms. The van der Waals surface area contributed by atoms with Crippen LogP contribution in [0.4, 0.5) is 4.39 Å². The molecule has 5 heteroatoms. The second-order valence-electron chi connectivity index (χ2n) is 5.85. The third-order valence-electron chi connectivity index (χ3n) is 3.70. The number of nitrogens with two attached hydrogens (primary N) is 1. The highest BCUT2D eigenvalue weighted by Crippen LogP contribution is 2.32. The molecule has 4 nitrogen and oxygen atoms in total. The normalized spacial score (nSPS) is 18.9. The van der Waals surface area contributed by atoms with Crippen LogP contribution in [0.5, 0.6) is 5.75 Å². The number of amides is 1. The van der Waals surface area contributed by atoms with E-state index in [0.29, 0.717) is 18.9 Å². The zero-order chi connectivity index (χ0) is 14.8. The molecule has 0 fully saturated rings. The molecule has 0 aliphatic carbocycles. The van der Waals surface area contributed by atoms with Crippen LogP contribution in [0.2, 0.25) is 0 Å². The molecule has 1 aromatic rings. The molecule has 1 aliphatic rings. The van der Waals surface area contributed by atoms with Crippen LogP contribution in [-0.4, -0.2) is 19.1 Å². The van der Waals surface area contributed by atoms with Crippen LogP contribution in [0, 0.1) is 11.2 Å². The molecule has 0 spiro atoms. The molecule has 1 aromatic carbocycles. The Labute approximate surface area is 118 Å². The highest BCUT2D eigenvalue weighted by atomic mass is 19.1. The number of halogens is 1. The second kappa shape index (κ2) is 5.79. The van der Waals surface area contributed by atoms with Gasteiger partial charge in [0.2, 0.25) is 5.91 Å². The summed E-state index contributed by atoms with van der Waals surface area (Å²) < 4.78 is 19.1. The van der Waals surface area contributed by atoms with Gasteiger partial charge in [0.1, 0.15) is 11.6 Å². The van der Waals surface area contributed by atoms with Crippen molar-refractivity contribution >= 4 is 5.91 Å². The van der Waals surface area contributed by atoms with Crippen LogP contribution in [0.15, 0.2) is 18.2 Å².